The molecule has 1 fully saturated rings. The van der Waals surface area contributed by atoms with E-state index in [2.05, 4.69) is 15.1 Å². The molecule has 9 heteroatoms. The molecule has 1 aliphatic heterocycles. The van der Waals surface area contributed by atoms with Gasteiger partial charge in [-0.2, -0.15) is 4.98 Å². The predicted octanol–water partition coefficient (Wildman–Crippen LogP) is 0.855. The summed E-state index contributed by atoms with van der Waals surface area (Å²) in [6, 6.07) is 5.38. The van der Waals surface area contributed by atoms with Crippen molar-refractivity contribution in [3.8, 4) is 11.5 Å². The summed E-state index contributed by atoms with van der Waals surface area (Å²) in [6.45, 7) is 3.60. The molecule has 2 aromatic heterocycles. The number of rotatable bonds is 6. The summed E-state index contributed by atoms with van der Waals surface area (Å²) < 4.78 is 15.5. The minimum Gasteiger partial charge on any atom is -0.453 e. The molecule has 0 bridgehead atoms. The largest absolute Gasteiger partial charge is 0.453 e. The number of carbonyl (C=O) groups is 2. The Balaban J connectivity index is 1.46. The van der Waals surface area contributed by atoms with Crippen LogP contribution in [-0.4, -0.2) is 64.3 Å². The molecule has 1 atom stereocenters. The van der Waals surface area contributed by atoms with Crippen molar-refractivity contribution in [3.63, 3.8) is 0 Å². The summed E-state index contributed by atoms with van der Waals surface area (Å²) >= 11 is 0. The summed E-state index contributed by atoms with van der Waals surface area (Å²) in [4.78, 5) is 34.2. The van der Waals surface area contributed by atoms with Crippen LogP contribution in [0.5, 0.6) is 0 Å². The second-order valence-corrected chi connectivity index (χ2v) is 5.80. The van der Waals surface area contributed by atoms with Crippen LogP contribution >= 0.6 is 0 Å². The van der Waals surface area contributed by atoms with Crippen LogP contribution in [0.1, 0.15) is 19.2 Å². The Morgan fingerprint density at radius 2 is 2.12 bits per heavy atom. The standard InChI is InChI=1S/C17H20N4O5/c1-12(17(23)21-8-10-24-11-9-21)25-15(22)6-5-14-19-16(20-26-14)13-4-2-3-7-18-13/h2-4,7,12H,5-6,8-11H2,1H3. The summed E-state index contributed by atoms with van der Waals surface area (Å²) in [6.07, 6.45) is 1.09. The lowest BCUT2D eigenvalue weighted by Crippen LogP contribution is -2.46. The zero-order valence-corrected chi connectivity index (χ0v) is 14.5. The summed E-state index contributed by atoms with van der Waals surface area (Å²) in [7, 11) is 0. The maximum absolute atomic E-state index is 12.2. The molecule has 1 amide bonds. The van der Waals surface area contributed by atoms with Crippen LogP contribution < -0.4 is 0 Å². The van der Waals surface area contributed by atoms with Crippen LogP contribution in [0.25, 0.3) is 11.5 Å². The van der Waals surface area contributed by atoms with Gasteiger partial charge in [0.05, 0.1) is 19.6 Å². The third kappa shape index (κ3) is 4.63. The van der Waals surface area contributed by atoms with E-state index in [1.807, 2.05) is 6.07 Å². The summed E-state index contributed by atoms with van der Waals surface area (Å²) in [5, 5.41) is 3.84. The lowest BCUT2D eigenvalue weighted by molar-refractivity contribution is -0.160. The number of carbonyl (C=O) groups excluding carboxylic acids is 2. The van der Waals surface area contributed by atoms with E-state index in [-0.39, 0.29) is 18.7 Å². The predicted molar refractivity (Wildman–Crippen MR) is 88.8 cm³/mol. The average Bonchev–Trinajstić information content (AvgIpc) is 3.16. The third-order valence-electron chi connectivity index (χ3n) is 3.88. The molecule has 1 unspecified atom stereocenters. The van der Waals surface area contributed by atoms with Gasteiger partial charge in [0.15, 0.2) is 6.10 Å². The zero-order chi connectivity index (χ0) is 18.4. The fourth-order valence-corrected chi connectivity index (χ4v) is 2.51. The smallest absolute Gasteiger partial charge is 0.307 e. The van der Waals surface area contributed by atoms with E-state index < -0.39 is 12.1 Å². The molecule has 0 aromatic carbocycles. The first-order valence-corrected chi connectivity index (χ1v) is 8.43. The molecule has 2 aromatic rings. The average molecular weight is 360 g/mol. The first-order valence-electron chi connectivity index (χ1n) is 8.43. The lowest BCUT2D eigenvalue weighted by atomic mass is 10.3. The quantitative estimate of drug-likeness (QED) is 0.698. The Morgan fingerprint density at radius 1 is 1.31 bits per heavy atom. The minimum atomic E-state index is -0.827. The number of morpholine rings is 1. The van der Waals surface area contributed by atoms with Crippen LogP contribution in [0.4, 0.5) is 0 Å². The molecule has 138 valence electrons. The highest BCUT2D eigenvalue weighted by atomic mass is 16.5. The number of pyridine rings is 1. The molecule has 0 aliphatic carbocycles. The van der Waals surface area contributed by atoms with Crippen LogP contribution in [0.3, 0.4) is 0 Å². The monoisotopic (exact) mass is 360 g/mol. The molecule has 3 heterocycles. The van der Waals surface area contributed by atoms with Crippen LogP contribution in [0, 0.1) is 0 Å². The molecule has 0 spiro atoms. The van der Waals surface area contributed by atoms with Crippen molar-refractivity contribution in [2.75, 3.05) is 26.3 Å². The van der Waals surface area contributed by atoms with Crippen LogP contribution in [-0.2, 0) is 25.5 Å². The highest BCUT2D eigenvalue weighted by molar-refractivity contribution is 5.83. The molecule has 0 radical (unpaired) electrons. The van der Waals surface area contributed by atoms with Gasteiger partial charge in [-0.3, -0.25) is 14.6 Å². The molecule has 0 saturated carbocycles. The van der Waals surface area contributed by atoms with E-state index in [9.17, 15) is 9.59 Å². The Kier molecular flexibility index (Phi) is 5.90. The Hall–Kier alpha value is -2.81. The molecule has 3 rings (SSSR count). The van der Waals surface area contributed by atoms with Crippen molar-refractivity contribution in [2.45, 2.75) is 25.9 Å². The molecule has 9 nitrogen and oxygen atoms in total. The maximum Gasteiger partial charge on any atom is 0.307 e. The van der Waals surface area contributed by atoms with Gasteiger partial charge in [0.2, 0.25) is 11.7 Å². The van der Waals surface area contributed by atoms with Crippen molar-refractivity contribution in [2.24, 2.45) is 0 Å². The number of aryl methyl sites for hydroxylation is 1. The first kappa shape index (κ1) is 18.0. The van der Waals surface area contributed by atoms with E-state index in [1.165, 1.54) is 0 Å². The second kappa shape index (κ2) is 8.52. The molecular formula is C17H20N4O5. The zero-order valence-electron chi connectivity index (χ0n) is 14.5. The van der Waals surface area contributed by atoms with Gasteiger partial charge in [-0.05, 0) is 19.1 Å². The van der Waals surface area contributed by atoms with Crippen LogP contribution in [0.15, 0.2) is 28.9 Å². The maximum atomic E-state index is 12.2. The van der Waals surface area contributed by atoms with Gasteiger partial charge < -0.3 is 18.9 Å². The van der Waals surface area contributed by atoms with Gasteiger partial charge in [0.25, 0.3) is 5.91 Å². The number of amides is 1. The lowest BCUT2D eigenvalue weighted by Gasteiger charge is -2.28. The fourth-order valence-electron chi connectivity index (χ4n) is 2.51. The SMILES string of the molecule is CC(OC(=O)CCc1nc(-c2ccccn2)no1)C(=O)N1CCOCC1. The normalized spacial score (nSPS) is 15.5. The van der Waals surface area contributed by atoms with Gasteiger partial charge >= 0.3 is 5.97 Å². The topological polar surface area (TPSA) is 108 Å². The Labute approximate surface area is 150 Å². The Morgan fingerprint density at radius 3 is 2.85 bits per heavy atom. The van der Waals surface area contributed by atoms with E-state index in [4.69, 9.17) is 14.0 Å². The number of ether oxygens (including phenoxy) is 2. The van der Waals surface area contributed by atoms with Gasteiger partial charge in [0.1, 0.15) is 5.69 Å². The fraction of sp³-hybridized carbons (Fsp3) is 0.471. The van der Waals surface area contributed by atoms with E-state index >= 15 is 0 Å². The van der Waals surface area contributed by atoms with Crippen molar-refractivity contribution in [3.05, 3.63) is 30.3 Å². The number of hydrogen-bond donors (Lipinski definition) is 0. The van der Waals surface area contributed by atoms with Gasteiger partial charge in [-0.1, -0.05) is 11.2 Å². The second-order valence-electron chi connectivity index (χ2n) is 5.80. The van der Waals surface area contributed by atoms with Crippen LogP contribution in [0.2, 0.25) is 0 Å². The third-order valence-corrected chi connectivity index (χ3v) is 3.88. The highest BCUT2D eigenvalue weighted by Gasteiger charge is 2.25. The summed E-state index contributed by atoms with van der Waals surface area (Å²) in [5.74, 6) is -0.0202. The van der Waals surface area contributed by atoms with E-state index in [1.54, 1.807) is 30.2 Å². The molecule has 1 saturated heterocycles. The van der Waals surface area contributed by atoms with E-state index in [0.717, 1.165) is 0 Å². The summed E-state index contributed by atoms with van der Waals surface area (Å²) in [5.41, 5.74) is 0.592. The van der Waals surface area contributed by atoms with Crippen molar-refractivity contribution < 1.29 is 23.6 Å². The Bertz CT molecular complexity index is 743. The van der Waals surface area contributed by atoms with Crippen molar-refractivity contribution in [1.82, 2.24) is 20.0 Å². The van der Waals surface area contributed by atoms with Crippen molar-refractivity contribution in [1.29, 1.82) is 0 Å². The highest BCUT2D eigenvalue weighted by Crippen LogP contribution is 2.13. The molecule has 1 aliphatic rings. The molecular weight excluding hydrogens is 340 g/mol. The number of nitrogens with zero attached hydrogens (tertiary/aromatic N) is 4. The van der Waals surface area contributed by atoms with E-state index in [0.29, 0.717) is 43.7 Å². The molecule has 26 heavy (non-hydrogen) atoms. The van der Waals surface area contributed by atoms with Gasteiger partial charge in [-0.25, -0.2) is 0 Å². The van der Waals surface area contributed by atoms with Gasteiger partial charge in [0, 0.05) is 25.7 Å². The molecule has 0 N–H and O–H groups in total. The first-order chi connectivity index (χ1) is 12.6. The number of aromatic nitrogens is 3. The van der Waals surface area contributed by atoms with Gasteiger partial charge in [-0.15, -0.1) is 0 Å². The number of esters is 1. The minimum absolute atomic E-state index is 0.0462. The number of hydrogen-bond acceptors (Lipinski definition) is 8. The van der Waals surface area contributed by atoms with Crippen molar-refractivity contribution >= 4 is 11.9 Å².